The van der Waals surface area contributed by atoms with Crippen LogP contribution in [0.1, 0.15) is 43.0 Å². The molecule has 0 fully saturated rings. The first-order valence-corrected chi connectivity index (χ1v) is 7.21. The number of ether oxygens (including phenoxy) is 1. The molecule has 1 heterocycles. The number of rotatable bonds is 6. The van der Waals surface area contributed by atoms with Crippen LogP contribution in [0.25, 0.3) is 0 Å². The van der Waals surface area contributed by atoms with Crippen molar-refractivity contribution in [2.24, 2.45) is 0 Å². The molecule has 0 aliphatic rings. The predicted octanol–water partition coefficient (Wildman–Crippen LogP) is 3.35. The van der Waals surface area contributed by atoms with Gasteiger partial charge in [0.05, 0.1) is 12.8 Å². The molecule has 0 aliphatic heterocycles. The molecule has 1 aromatic carbocycles. The van der Waals surface area contributed by atoms with Gasteiger partial charge in [-0.05, 0) is 55.9 Å². The minimum atomic E-state index is 0.475. The van der Waals surface area contributed by atoms with Crippen LogP contribution in [0.5, 0.6) is 5.75 Å². The van der Waals surface area contributed by atoms with Crippen molar-refractivity contribution < 1.29 is 4.74 Å². The summed E-state index contributed by atoms with van der Waals surface area (Å²) in [5.41, 5.74) is 3.72. The summed E-state index contributed by atoms with van der Waals surface area (Å²) in [6, 6.07) is 6.31. The molecule has 108 valence electrons. The van der Waals surface area contributed by atoms with E-state index in [0.29, 0.717) is 5.92 Å². The lowest BCUT2D eigenvalue weighted by atomic mass is 9.89. The quantitative estimate of drug-likeness (QED) is 0.810. The molecule has 1 aromatic heterocycles. The fourth-order valence-electron chi connectivity index (χ4n) is 2.55. The van der Waals surface area contributed by atoms with Gasteiger partial charge in [0.25, 0.3) is 0 Å². The highest BCUT2D eigenvalue weighted by molar-refractivity contribution is 5.37. The van der Waals surface area contributed by atoms with Crippen molar-refractivity contribution in [3.63, 3.8) is 0 Å². The minimum Gasteiger partial charge on any atom is -0.497 e. The van der Waals surface area contributed by atoms with Crippen molar-refractivity contribution in [3.8, 4) is 5.75 Å². The minimum absolute atomic E-state index is 0.475. The lowest BCUT2D eigenvalue weighted by molar-refractivity contribution is 0.414. The van der Waals surface area contributed by atoms with Crippen LogP contribution in [0, 0.1) is 6.92 Å². The van der Waals surface area contributed by atoms with E-state index < -0.39 is 0 Å². The summed E-state index contributed by atoms with van der Waals surface area (Å²) in [6.07, 6.45) is 4.07. The van der Waals surface area contributed by atoms with Crippen LogP contribution in [0.15, 0.2) is 24.4 Å². The molecule has 0 spiro atoms. The van der Waals surface area contributed by atoms with Gasteiger partial charge in [-0.2, -0.15) is 0 Å². The third-order valence-corrected chi connectivity index (χ3v) is 3.78. The topological polar surface area (TPSA) is 39.9 Å². The Morgan fingerprint density at radius 3 is 2.65 bits per heavy atom. The lowest BCUT2D eigenvalue weighted by Crippen LogP contribution is -2.04. The van der Waals surface area contributed by atoms with E-state index in [9.17, 15) is 0 Å². The average Bonchev–Trinajstić information content (AvgIpc) is 2.92. The Hall–Kier alpha value is -1.84. The molecule has 0 radical (unpaired) electrons. The van der Waals surface area contributed by atoms with Gasteiger partial charge in [0, 0.05) is 12.7 Å². The van der Waals surface area contributed by atoms with Crippen LogP contribution in [0.3, 0.4) is 0 Å². The van der Waals surface area contributed by atoms with Crippen LogP contribution in [-0.4, -0.2) is 22.1 Å². The number of methoxy groups -OCH3 is 1. The third-order valence-electron chi connectivity index (χ3n) is 3.78. The van der Waals surface area contributed by atoms with Crippen molar-refractivity contribution in [2.75, 3.05) is 7.11 Å². The fourth-order valence-corrected chi connectivity index (χ4v) is 2.55. The Morgan fingerprint density at radius 1 is 1.30 bits per heavy atom. The molecule has 20 heavy (non-hydrogen) atoms. The maximum absolute atomic E-state index is 5.27. The number of benzene rings is 1. The second-order valence-corrected chi connectivity index (χ2v) is 5.10. The van der Waals surface area contributed by atoms with Gasteiger partial charge in [-0.15, -0.1) is 5.10 Å². The van der Waals surface area contributed by atoms with Crippen LogP contribution in [0.2, 0.25) is 0 Å². The van der Waals surface area contributed by atoms with Gasteiger partial charge >= 0.3 is 0 Å². The molecule has 2 rings (SSSR count). The number of hydrogen-bond acceptors (Lipinski definition) is 3. The second kappa shape index (κ2) is 6.55. The first kappa shape index (κ1) is 14.6. The predicted molar refractivity (Wildman–Crippen MR) is 80.2 cm³/mol. The van der Waals surface area contributed by atoms with Gasteiger partial charge in [-0.25, -0.2) is 0 Å². The fraction of sp³-hybridized carbons (Fsp3) is 0.500. The maximum Gasteiger partial charge on any atom is 0.119 e. The van der Waals surface area contributed by atoms with Gasteiger partial charge in [-0.3, -0.25) is 4.68 Å². The maximum atomic E-state index is 5.27. The van der Waals surface area contributed by atoms with Gasteiger partial charge < -0.3 is 4.74 Å². The van der Waals surface area contributed by atoms with Gasteiger partial charge in [0.2, 0.25) is 0 Å². The molecule has 0 bridgehead atoms. The van der Waals surface area contributed by atoms with Crippen LogP contribution < -0.4 is 4.74 Å². The normalized spacial score (nSPS) is 12.4. The third kappa shape index (κ3) is 3.18. The molecule has 1 atom stereocenters. The zero-order chi connectivity index (χ0) is 14.5. The molecule has 2 aromatic rings. The molecule has 4 nitrogen and oxygen atoms in total. The van der Waals surface area contributed by atoms with Crippen LogP contribution in [0.4, 0.5) is 0 Å². The summed E-state index contributed by atoms with van der Waals surface area (Å²) < 4.78 is 7.15. The largest absolute Gasteiger partial charge is 0.497 e. The van der Waals surface area contributed by atoms with E-state index in [4.69, 9.17) is 4.74 Å². The molecule has 0 saturated carbocycles. The van der Waals surface area contributed by atoms with E-state index in [-0.39, 0.29) is 0 Å². The number of aryl methyl sites for hydroxylation is 2. The Morgan fingerprint density at radius 2 is 2.10 bits per heavy atom. The molecule has 0 amide bonds. The van der Waals surface area contributed by atoms with Crippen molar-refractivity contribution in [1.82, 2.24) is 15.0 Å². The standard InChI is InChI=1S/C16H23N3O/c1-5-13(10-14-11-19(6-2)18-17-14)16-8-7-15(20-4)9-12(16)3/h7-9,11,13H,5-6,10H2,1-4H3. The Bertz CT molecular complexity index is 563. The van der Waals surface area contributed by atoms with E-state index in [1.165, 1.54) is 11.1 Å². The average molecular weight is 273 g/mol. The highest BCUT2D eigenvalue weighted by Crippen LogP contribution is 2.28. The summed E-state index contributed by atoms with van der Waals surface area (Å²) >= 11 is 0. The first-order chi connectivity index (χ1) is 9.67. The number of nitrogens with zero attached hydrogens (tertiary/aromatic N) is 3. The summed E-state index contributed by atoms with van der Waals surface area (Å²) in [4.78, 5) is 0. The van der Waals surface area contributed by atoms with Crippen LogP contribution in [-0.2, 0) is 13.0 Å². The van der Waals surface area contributed by atoms with Gasteiger partial charge in [0.15, 0.2) is 0 Å². The van der Waals surface area contributed by atoms with Gasteiger partial charge in [0.1, 0.15) is 5.75 Å². The van der Waals surface area contributed by atoms with Crippen molar-refractivity contribution in [3.05, 3.63) is 41.2 Å². The Kier molecular flexibility index (Phi) is 4.77. The molecule has 0 N–H and O–H groups in total. The highest BCUT2D eigenvalue weighted by Gasteiger charge is 2.15. The van der Waals surface area contributed by atoms with Crippen LogP contribution >= 0.6 is 0 Å². The Labute approximate surface area is 120 Å². The number of hydrogen-bond donors (Lipinski definition) is 0. The number of aromatic nitrogens is 3. The second-order valence-electron chi connectivity index (χ2n) is 5.10. The summed E-state index contributed by atoms with van der Waals surface area (Å²) in [6.45, 7) is 7.30. The van der Waals surface area contributed by atoms with E-state index in [1.54, 1.807) is 7.11 Å². The zero-order valence-corrected chi connectivity index (χ0v) is 12.8. The van der Waals surface area contributed by atoms with Crippen molar-refractivity contribution in [1.29, 1.82) is 0 Å². The zero-order valence-electron chi connectivity index (χ0n) is 12.8. The van der Waals surface area contributed by atoms with Crippen molar-refractivity contribution in [2.45, 2.75) is 46.1 Å². The SMILES string of the molecule is CCC(Cc1cn(CC)nn1)c1ccc(OC)cc1C. The molecule has 0 aliphatic carbocycles. The lowest BCUT2D eigenvalue weighted by Gasteiger charge is -2.17. The summed E-state index contributed by atoms with van der Waals surface area (Å²) in [5.74, 6) is 1.39. The van der Waals surface area contributed by atoms with E-state index in [2.05, 4.69) is 43.2 Å². The molecular weight excluding hydrogens is 250 g/mol. The van der Waals surface area contributed by atoms with E-state index >= 15 is 0 Å². The summed E-state index contributed by atoms with van der Waals surface area (Å²) in [7, 11) is 1.70. The molecular formula is C16H23N3O. The molecule has 4 heteroatoms. The highest BCUT2D eigenvalue weighted by atomic mass is 16.5. The smallest absolute Gasteiger partial charge is 0.119 e. The monoisotopic (exact) mass is 273 g/mol. The summed E-state index contributed by atoms with van der Waals surface area (Å²) in [5, 5.41) is 8.36. The molecule has 0 saturated heterocycles. The van der Waals surface area contributed by atoms with Crippen molar-refractivity contribution >= 4 is 0 Å². The van der Waals surface area contributed by atoms with E-state index in [1.807, 2.05) is 16.9 Å². The van der Waals surface area contributed by atoms with E-state index in [0.717, 1.165) is 30.8 Å². The first-order valence-electron chi connectivity index (χ1n) is 7.21. The van der Waals surface area contributed by atoms with Gasteiger partial charge in [-0.1, -0.05) is 18.2 Å². The molecule has 1 unspecified atom stereocenters. The Balaban J connectivity index is 2.19.